The van der Waals surface area contributed by atoms with Gasteiger partial charge < -0.3 is 9.67 Å². The first-order valence-corrected chi connectivity index (χ1v) is 6.57. The van der Waals surface area contributed by atoms with Gasteiger partial charge in [0.2, 0.25) is 0 Å². The van der Waals surface area contributed by atoms with Crippen molar-refractivity contribution in [3.63, 3.8) is 0 Å². The highest BCUT2D eigenvalue weighted by molar-refractivity contribution is 5.43. The third kappa shape index (κ3) is 2.46. The van der Waals surface area contributed by atoms with Crippen molar-refractivity contribution in [2.24, 2.45) is 0 Å². The molecule has 0 aliphatic rings. The van der Waals surface area contributed by atoms with E-state index in [-0.39, 0.29) is 0 Å². The summed E-state index contributed by atoms with van der Waals surface area (Å²) in [5, 5.41) is 10.1. The molecule has 1 heterocycles. The van der Waals surface area contributed by atoms with Gasteiger partial charge in [0.1, 0.15) is 5.82 Å². The number of aryl methyl sites for hydroxylation is 1. The van der Waals surface area contributed by atoms with Crippen molar-refractivity contribution < 1.29 is 5.11 Å². The fraction of sp³-hybridized carbons (Fsp3) is 0.400. The van der Waals surface area contributed by atoms with Crippen molar-refractivity contribution in [1.29, 1.82) is 0 Å². The van der Waals surface area contributed by atoms with Crippen LogP contribution in [0.15, 0.2) is 36.7 Å². The molecule has 0 radical (unpaired) electrons. The van der Waals surface area contributed by atoms with Gasteiger partial charge in [-0.3, -0.25) is 0 Å². The highest BCUT2D eigenvalue weighted by atomic mass is 16.3. The number of nitrogens with zero attached hydrogens (tertiary/aromatic N) is 2. The van der Waals surface area contributed by atoms with Gasteiger partial charge in [0.15, 0.2) is 0 Å². The van der Waals surface area contributed by atoms with Gasteiger partial charge in [-0.25, -0.2) is 4.98 Å². The lowest BCUT2D eigenvalue weighted by atomic mass is 10.0. The maximum atomic E-state index is 10.1. The average Bonchev–Trinajstić information content (AvgIpc) is 2.86. The normalized spacial score (nSPS) is 12.6. The first-order valence-electron chi connectivity index (χ1n) is 6.57. The van der Waals surface area contributed by atoms with Gasteiger partial charge in [-0.15, -0.1) is 0 Å². The highest BCUT2D eigenvalue weighted by Gasteiger charge is 2.13. The lowest BCUT2D eigenvalue weighted by molar-refractivity contribution is 0.173. The van der Waals surface area contributed by atoms with Gasteiger partial charge in [0.05, 0.1) is 11.8 Å². The number of hydrogen-bond donors (Lipinski definition) is 1. The topological polar surface area (TPSA) is 38.0 Å². The zero-order valence-corrected chi connectivity index (χ0v) is 11.0. The summed E-state index contributed by atoms with van der Waals surface area (Å²) in [4.78, 5) is 4.39. The molecule has 0 spiro atoms. The van der Waals surface area contributed by atoms with Crippen LogP contribution in [-0.2, 0) is 6.42 Å². The molecular weight excluding hydrogens is 224 g/mol. The molecule has 1 aromatic heterocycles. The molecule has 0 saturated heterocycles. The van der Waals surface area contributed by atoms with Gasteiger partial charge in [0.25, 0.3) is 0 Å². The van der Waals surface area contributed by atoms with Crippen LogP contribution in [0.1, 0.15) is 44.2 Å². The quantitative estimate of drug-likeness (QED) is 0.876. The van der Waals surface area contributed by atoms with Crippen molar-refractivity contribution in [1.82, 2.24) is 9.55 Å². The molecule has 0 aliphatic carbocycles. The molecule has 1 aromatic carbocycles. The summed E-state index contributed by atoms with van der Waals surface area (Å²) in [6.45, 7) is 4.13. The molecule has 0 aliphatic heterocycles. The van der Waals surface area contributed by atoms with E-state index in [1.165, 1.54) is 0 Å². The summed E-state index contributed by atoms with van der Waals surface area (Å²) in [6.07, 6.45) is 6.10. The largest absolute Gasteiger partial charge is 0.388 e. The molecule has 2 rings (SSSR count). The third-order valence-corrected chi connectivity index (χ3v) is 3.13. The van der Waals surface area contributed by atoms with Gasteiger partial charge in [0, 0.05) is 24.4 Å². The Morgan fingerprint density at radius 3 is 2.78 bits per heavy atom. The van der Waals surface area contributed by atoms with Crippen LogP contribution in [0.4, 0.5) is 0 Å². The number of para-hydroxylation sites is 1. The zero-order chi connectivity index (χ0) is 13.0. The fourth-order valence-corrected chi connectivity index (χ4v) is 2.17. The number of benzene rings is 1. The van der Waals surface area contributed by atoms with Crippen LogP contribution in [0.25, 0.3) is 5.69 Å². The molecule has 3 heteroatoms. The van der Waals surface area contributed by atoms with Crippen LogP contribution in [0, 0.1) is 0 Å². The summed E-state index contributed by atoms with van der Waals surface area (Å²) in [5.41, 5.74) is 2.00. The van der Waals surface area contributed by atoms with E-state index in [0.29, 0.717) is 0 Å². The van der Waals surface area contributed by atoms with E-state index in [9.17, 15) is 5.11 Å². The molecule has 2 aromatic rings. The molecule has 0 amide bonds. The lowest BCUT2D eigenvalue weighted by Gasteiger charge is -2.16. The molecule has 0 fully saturated rings. The maximum absolute atomic E-state index is 10.1. The number of hydrogen-bond acceptors (Lipinski definition) is 2. The summed E-state index contributed by atoms with van der Waals surface area (Å²) in [5.74, 6) is 1.05. The van der Waals surface area contributed by atoms with E-state index in [0.717, 1.165) is 36.3 Å². The second-order valence-corrected chi connectivity index (χ2v) is 4.45. The monoisotopic (exact) mass is 244 g/mol. The van der Waals surface area contributed by atoms with Crippen LogP contribution in [0.3, 0.4) is 0 Å². The summed E-state index contributed by atoms with van der Waals surface area (Å²) in [7, 11) is 0. The zero-order valence-electron chi connectivity index (χ0n) is 11.0. The predicted molar refractivity (Wildman–Crippen MR) is 72.8 cm³/mol. The predicted octanol–water partition coefficient (Wildman–Crippen LogP) is 3.27. The molecule has 0 saturated carbocycles. The van der Waals surface area contributed by atoms with Gasteiger partial charge in [-0.2, -0.15) is 0 Å². The minimum atomic E-state index is -0.418. The number of rotatable bonds is 5. The number of aliphatic hydroxyl groups is 1. The van der Waals surface area contributed by atoms with E-state index in [4.69, 9.17) is 0 Å². The Morgan fingerprint density at radius 1 is 1.28 bits per heavy atom. The number of aromatic nitrogens is 2. The highest BCUT2D eigenvalue weighted by Crippen LogP contribution is 2.24. The Bertz CT molecular complexity index is 505. The second-order valence-electron chi connectivity index (χ2n) is 4.45. The average molecular weight is 244 g/mol. The van der Waals surface area contributed by atoms with Crippen molar-refractivity contribution in [2.75, 3.05) is 0 Å². The van der Waals surface area contributed by atoms with E-state index < -0.39 is 6.10 Å². The first kappa shape index (κ1) is 12.8. The molecule has 18 heavy (non-hydrogen) atoms. The van der Waals surface area contributed by atoms with Crippen molar-refractivity contribution in [3.05, 3.63) is 48.0 Å². The van der Waals surface area contributed by atoms with Crippen molar-refractivity contribution in [2.45, 2.75) is 39.2 Å². The maximum Gasteiger partial charge on any atom is 0.113 e. The van der Waals surface area contributed by atoms with E-state index >= 15 is 0 Å². The van der Waals surface area contributed by atoms with Crippen LogP contribution in [0.2, 0.25) is 0 Å². The lowest BCUT2D eigenvalue weighted by Crippen LogP contribution is -2.06. The second kappa shape index (κ2) is 5.83. The fourth-order valence-electron chi connectivity index (χ4n) is 2.17. The van der Waals surface area contributed by atoms with Crippen LogP contribution < -0.4 is 0 Å². The van der Waals surface area contributed by atoms with Gasteiger partial charge in [-0.1, -0.05) is 32.0 Å². The Balaban J connectivity index is 2.46. The minimum absolute atomic E-state index is 0.418. The van der Waals surface area contributed by atoms with Gasteiger partial charge >= 0.3 is 0 Å². The Kier molecular flexibility index (Phi) is 4.15. The van der Waals surface area contributed by atoms with Crippen molar-refractivity contribution >= 4 is 0 Å². The van der Waals surface area contributed by atoms with Crippen molar-refractivity contribution in [3.8, 4) is 5.69 Å². The third-order valence-electron chi connectivity index (χ3n) is 3.13. The number of imidazole rings is 1. The molecule has 3 nitrogen and oxygen atoms in total. The molecule has 1 unspecified atom stereocenters. The molecule has 1 N–H and O–H groups in total. The standard InChI is InChI=1S/C15H20N2O/c1-3-7-15-16-10-11-17(15)13-9-6-5-8-12(13)14(18)4-2/h5-6,8-11,14,18H,3-4,7H2,1-2H3. The van der Waals surface area contributed by atoms with E-state index in [2.05, 4.69) is 16.5 Å². The molecular formula is C15H20N2O. The molecule has 96 valence electrons. The van der Waals surface area contributed by atoms with Crippen LogP contribution >= 0.6 is 0 Å². The summed E-state index contributed by atoms with van der Waals surface area (Å²) >= 11 is 0. The van der Waals surface area contributed by atoms with Crippen LogP contribution in [0.5, 0.6) is 0 Å². The Morgan fingerprint density at radius 2 is 2.06 bits per heavy atom. The SMILES string of the molecule is CCCc1nccn1-c1ccccc1C(O)CC. The summed E-state index contributed by atoms with van der Waals surface area (Å²) in [6, 6.07) is 7.99. The first-order chi connectivity index (χ1) is 8.77. The van der Waals surface area contributed by atoms with E-state index in [1.807, 2.05) is 43.6 Å². The van der Waals surface area contributed by atoms with E-state index in [1.54, 1.807) is 0 Å². The molecule has 1 atom stereocenters. The Hall–Kier alpha value is -1.61. The summed E-state index contributed by atoms with van der Waals surface area (Å²) < 4.78 is 2.08. The minimum Gasteiger partial charge on any atom is -0.388 e. The molecule has 0 bridgehead atoms. The number of aliphatic hydroxyl groups excluding tert-OH is 1. The van der Waals surface area contributed by atoms with Gasteiger partial charge in [-0.05, 0) is 18.9 Å². The van der Waals surface area contributed by atoms with Crippen LogP contribution in [-0.4, -0.2) is 14.7 Å². The Labute approximate surface area is 108 Å². The smallest absolute Gasteiger partial charge is 0.113 e.